The summed E-state index contributed by atoms with van der Waals surface area (Å²) in [4.78, 5) is 13.4. The summed E-state index contributed by atoms with van der Waals surface area (Å²) >= 11 is 3.23. The van der Waals surface area contributed by atoms with Crippen LogP contribution in [0.1, 0.15) is 36.2 Å². The Morgan fingerprint density at radius 2 is 2.16 bits per heavy atom. The smallest absolute Gasteiger partial charge is 0.189 e. The van der Waals surface area contributed by atoms with Crippen LogP contribution in [0.4, 0.5) is 0 Å². The molecule has 1 aliphatic carbocycles. The van der Waals surface area contributed by atoms with Gasteiger partial charge in [-0.25, -0.2) is 5.10 Å². The molecular formula is C12H14N4OS2. The van der Waals surface area contributed by atoms with Crippen LogP contribution >= 0.6 is 23.1 Å². The maximum atomic E-state index is 12.4. The van der Waals surface area contributed by atoms with E-state index in [4.69, 9.17) is 0 Å². The number of tetrazole rings is 1. The van der Waals surface area contributed by atoms with E-state index in [-0.39, 0.29) is 11.2 Å². The number of nitrogens with one attached hydrogen (secondary N) is 1. The Hall–Kier alpha value is -1.21. The first-order valence-electron chi connectivity index (χ1n) is 5.99. The molecule has 7 heteroatoms. The van der Waals surface area contributed by atoms with Crippen molar-refractivity contribution in [3.05, 3.63) is 11.1 Å². The molecule has 0 aromatic carbocycles. The average Bonchev–Trinajstić information content (AvgIpc) is 2.93. The van der Waals surface area contributed by atoms with Gasteiger partial charge in [0.15, 0.2) is 11.6 Å². The number of rotatable bonds is 2. The number of hydrogen-bond donors (Lipinski definition) is 1. The quantitative estimate of drug-likeness (QED) is 0.862. The number of aromatic nitrogens is 4. The Morgan fingerprint density at radius 3 is 2.79 bits per heavy atom. The van der Waals surface area contributed by atoms with Gasteiger partial charge in [0, 0.05) is 12.0 Å². The maximum absolute atomic E-state index is 12.4. The minimum Gasteiger partial charge on any atom is -0.294 e. The second kappa shape index (κ2) is 4.42. The van der Waals surface area contributed by atoms with Crippen LogP contribution < -0.4 is 0 Å². The number of fused-ring (bicyclic) bond motifs is 1. The van der Waals surface area contributed by atoms with Gasteiger partial charge in [0.2, 0.25) is 0 Å². The van der Waals surface area contributed by atoms with Crippen LogP contribution in [0.3, 0.4) is 0 Å². The monoisotopic (exact) mass is 294 g/mol. The van der Waals surface area contributed by atoms with E-state index in [0.29, 0.717) is 12.2 Å². The fourth-order valence-electron chi connectivity index (χ4n) is 2.55. The molecule has 0 saturated heterocycles. The van der Waals surface area contributed by atoms with Crippen molar-refractivity contribution >= 4 is 28.9 Å². The van der Waals surface area contributed by atoms with Crippen LogP contribution in [0.2, 0.25) is 0 Å². The fourth-order valence-corrected chi connectivity index (χ4v) is 4.58. The molecule has 19 heavy (non-hydrogen) atoms. The number of ketones is 1. The summed E-state index contributed by atoms with van der Waals surface area (Å²) in [6.45, 7) is 4.26. The van der Waals surface area contributed by atoms with Gasteiger partial charge >= 0.3 is 0 Å². The topological polar surface area (TPSA) is 71.5 Å². The molecule has 0 amide bonds. The summed E-state index contributed by atoms with van der Waals surface area (Å²) in [6, 6.07) is 0. The van der Waals surface area contributed by atoms with E-state index in [2.05, 4.69) is 34.5 Å². The summed E-state index contributed by atoms with van der Waals surface area (Å²) < 4.78 is 1.07. The van der Waals surface area contributed by atoms with Crippen molar-refractivity contribution in [1.29, 1.82) is 0 Å². The van der Waals surface area contributed by atoms with Crippen molar-refractivity contribution in [3.63, 3.8) is 0 Å². The maximum Gasteiger partial charge on any atom is 0.189 e. The number of Topliss-reactive ketones (excluding diaryl/α,β-unsaturated/α-hetero) is 1. The number of carbonyl (C=O) groups excluding carboxylic acids is 1. The zero-order valence-electron chi connectivity index (χ0n) is 11.0. The molecular weight excluding hydrogens is 280 g/mol. The van der Waals surface area contributed by atoms with Gasteiger partial charge < -0.3 is 0 Å². The van der Waals surface area contributed by atoms with Gasteiger partial charge in [0.1, 0.15) is 0 Å². The highest BCUT2D eigenvalue weighted by atomic mass is 32.2. The van der Waals surface area contributed by atoms with E-state index in [1.807, 2.05) is 6.26 Å². The Balaban J connectivity index is 2.21. The third kappa shape index (κ3) is 2.10. The number of H-pyrrole nitrogens is 1. The number of nitrogens with zero attached hydrogens (tertiary/aromatic N) is 3. The molecule has 1 N–H and O–H groups in total. The van der Waals surface area contributed by atoms with E-state index in [1.165, 1.54) is 0 Å². The van der Waals surface area contributed by atoms with Crippen LogP contribution in [-0.4, -0.2) is 32.7 Å². The van der Waals surface area contributed by atoms with Crippen molar-refractivity contribution in [1.82, 2.24) is 20.6 Å². The Bertz CT molecular complexity index is 630. The highest BCUT2D eigenvalue weighted by Crippen LogP contribution is 2.47. The van der Waals surface area contributed by atoms with E-state index >= 15 is 0 Å². The molecule has 0 atom stereocenters. The minimum absolute atomic E-state index is 0.00301. The lowest BCUT2D eigenvalue weighted by Gasteiger charge is -2.29. The molecule has 0 spiro atoms. The van der Waals surface area contributed by atoms with Crippen LogP contribution in [-0.2, 0) is 6.42 Å². The van der Waals surface area contributed by atoms with Gasteiger partial charge in [-0.1, -0.05) is 13.8 Å². The molecule has 3 rings (SSSR count). The summed E-state index contributed by atoms with van der Waals surface area (Å²) in [5.74, 6) is 0.901. The first kappa shape index (κ1) is 12.8. The first-order chi connectivity index (χ1) is 9.02. The van der Waals surface area contributed by atoms with Crippen molar-refractivity contribution in [2.75, 3.05) is 6.26 Å². The number of hydrogen-bond acceptors (Lipinski definition) is 6. The Labute approximate surface area is 119 Å². The number of aromatic amines is 1. The second-order valence-corrected chi connectivity index (χ2v) is 7.56. The Morgan fingerprint density at radius 1 is 1.37 bits per heavy atom. The SMILES string of the molecule is CSc1sc(-c2nnn[nH]2)c2c1C(=O)CC(C)(C)C2. The van der Waals surface area contributed by atoms with Gasteiger partial charge in [-0.15, -0.1) is 28.2 Å². The van der Waals surface area contributed by atoms with Crippen LogP contribution in [0, 0.1) is 5.41 Å². The normalized spacial score (nSPS) is 17.5. The molecule has 0 fully saturated rings. The molecule has 0 radical (unpaired) electrons. The predicted octanol–water partition coefficient (Wildman–Crippen LogP) is 2.81. The van der Waals surface area contributed by atoms with E-state index < -0.39 is 0 Å². The number of thiophene rings is 1. The Kier molecular flexibility index (Phi) is 2.98. The predicted molar refractivity (Wildman–Crippen MR) is 75.7 cm³/mol. The molecule has 0 unspecified atom stereocenters. The van der Waals surface area contributed by atoms with E-state index in [0.717, 1.165) is 26.6 Å². The van der Waals surface area contributed by atoms with Crippen LogP contribution in [0.15, 0.2) is 4.21 Å². The zero-order chi connectivity index (χ0) is 13.6. The average molecular weight is 294 g/mol. The molecule has 2 aromatic rings. The number of thioether (sulfide) groups is 1. The highest BCUT2D eigenvalue weighted by molar-refractivity contribution is 8.00. The van der Waals surface area contributed by atoms with Crippen molar-refractivity contribution in [2.24, 2.45) is 5.41 Å². The minimum atomic E-state index is 0.00301. The number of carbonyl (C=O) groups is 1. The molecule has 0 bridgehead atoms. The van der Waals surface area contributed by atoms with Gasteiger partial charge in [-0.05, 0) is 34.1 Å². The molecule has 0 aliphatic heterocycles. The van der Waals surface area contributed by atoms with E-state index in [1.54, 1.807) is 23.1 Å². The molecule has 100 valence electrons. The molecule has 1 aliphatic rings. The highest BCUT2D eigenvalue weighted by Gasteiger charge is 2.36. The third-order valence-corrected chi connectivity index (χ3v) is 5.65. The molecule has 0 saturated carbocycles. The summed E-state index contributed by atoms with van der Waals surface area (Å²) in [6.07, 6.45) is 3.50. The summed E-state index contributed by atoms with van der Waals surface area (Å²) in [7, 11) is 0. The fraction of sp³-hybridized carbons (Fsp3) is 0.500. The van der Waals surface area contributed by atoms with Gasteiger partial charge in [-0.2, -0.15) is 0 Å². The van der Waals surface area contributed by atoms with E-state index in [9.17, 15) is 4.79 Å². The molecule has 2 aromatic heterocycles. The van der Waals surface area contributed by atoms with Crippen molar-refractivity contribution in [2.45, 2.75) is 30.9 Å². The summed E-state index contributed by atoms with van der Waals surface area (Å²) in [5, 5.41) is 14.1. The van der Waals surface area contributed by atoms with Crippen LogP contribution in [0.5, 0.6) is 0 Å². The van der Waals surface area contributed by atoms with Gasteiger partial charge in [0.05, 0.1) is 9.09 Å². The lowest BCUT2D eigenvalue weighted by molar-refractivity contribution is 0.0910. The van der Waals surface area contributed by atoms with Crippen molar-refractivity contribution < 1.29 is 4.79 Å². The second-order valence-electron chi connectivity index (χ2n) is 5.47. The largest absolute Gasteiger partial charge is 0.294 e. The zero-order valence-corrected chi connectivity index (χ0v) is 12.6. The standard InChI is InChI=1S/C12H14N4OS2/c1-12(2)4-6-8(7(17)5-12)11(18-3)19-9(6)10-13-15-16-14-10/h4-5H2,1-3H3,(H,13,14,15,16). The van der Waals surface area contributed by atoms with Gasteiger partial charge in [0.25, 0.3) is 0 Å². The van der Waals surface area contributed by atoms with Crippen LogP contribution in [0.25, 0.3) is 10.7 Å². The third-order valence-electron chi connectivity index (χ3n) is 3.29. The van der Waals surface area contributed by atoms with Crippen molar-refractivity contribution in [3.8, 4) is 10.7 Å². The lowest BCUT2D eigenvalue weighted by Crippen LogP contribution is -2.26. The first-order valence-corrected chi connectivity index (χ1v) is 8.03. The summed E-state index contributed by atoms with van der Waals surface area (Å²) in [5.41, 5.74) is 2.00. The lowest BCUT2D eigenvalue weighted by atomic mass is 9.74. The molecule has 2 heterocycles. The van der Waals surface area contributed by atoms with Gasteiger partial charge in [-0.3, -0.25) is 4.79 Å². The molecule has 5 nitrogen and oxygen atoms in total.